The molecule has 1 saturated carbocycles. The average Bonchev–Trinajstić information content (AvgIpc) is 2.72. The quantitative estimate of drug-likeness (QED) is 0.704. The summed E-state index contributed by atoms with van der Waals surface area (Å²) >= 11 is 0. The Morgan fingerprint density at radius 2 is 2.50 bits per heavy atom. The van der Waals surface area contributed by atoms with Crippen LogP contribution in [0, 0.1) is 0 Å². The van der Waals surface area contributed by atoms with E-state index in [4.69, 9.17) is 0 Å². The number of hydrogen-bond acceptors (Lipinski definition) is 4. The number of nitrogens with one attached hydrogen (secondary N) is 1. The third kappa shape index (κ3) is 2.30. The maximum absolute atomic E-state index is 9.33. The van der Waals surface area contributed by atoms with Crippen LogP contribution in [0.25, 0.3) is 0 Å². The van der Waals surface area contributed by atoms with E-state index >= 15 is 0 Å². The van der Waals surface area contributed by atoms with Gasteiger partial charge in [-0.2, -0.15) is 15.0 Å². The Morgan fingerprint density at radius 1 is 1.64 bits per heavy atom. The minimum Gasteiger partial charge on any atom is -0.393 e. The standard InChI is InChI=1S/C9H16N4O/c1-13-11-6-8(12-13)5-10-7-2-3-9(14)4-7/h6-7,9-10,14H,2-5H2,1H3/t7-,9+/m0/s1. The van der Waals surface area contributed by atoms with Crippen LogP contribution in [0.1, 0.15) is 25.0 Å². The topological polar surface area (TPSA) is 63.0 Å². The molecule has 1 aliphatic rings. The average molecular weight is 196 g/mol. The van der Waals surface area contributed by atoms with Gasteiger partial charge in [-0.15, -0.1) is 0 Å². The highest BCUT2D eigenvalue weighted by Crippen LogP contribution is 2.18. The summed E-state index contributed by atoms with van der Waals surface area (Å²) in [5, 5.41) is 20.9. The van der Waals surface area contributed by atoms with Crippen molar-refractivity contribution in [1.82, 2.24) is 20.3 Å². The molecule has 1 fully saturated rings. The van der Waals surface area contributed by atoms with Crippen LogP contribution in [0.2, 0.25) is 0 Å². The first-order valence-electron chi connectivity index (χ1n) is 5.00. The molecular weight excluding hydrogens is 180 g/mol. The second-order valence-corrected chi connectivity index (χ2v) is 3.87. The molecule has 1 aromatic heterocycles. The van der Waals surface area contributed by atoms with Gasteiger partial charge in [0.25, 0.3) is 0 Å². The molecule has 2 atom stereocenters. The number of aliphatic hydroxyl groups excluding tert-OH is 1. The van der Waals surface area contributed by atoms with E-state index < -0.39 is 0 Å². The van der Waals surface area contributed by atoms with E-state index in [-0.39, 0.29) is 6.10 Å². The molecule has 0 saturated heterocycles. The molecule has 2 rings (SSSR count). The van der Waals surface area contributed by atoms with Crippen molar-refractivity contribution < 1.29 is 5.11 Å². The highest BCUT2D eigenvalue weighted by Gasteiger charge is 2.22. The maximum atomic E-state index is 9.33. The Morgan fingerprint density at radius 3 is 3.07 bits per heavy atom. The lowest BCUT2D eigenvalue weighted by molar-refractivity contribution is 0.179. The van der Waals surface area contributed by atoms with E-state index in [0.29, 0.717) is 6.04 Å². The maximum Gasteiger partial charge on any atom is 0.0964 e. The second kappa shape index (κ2) is 4.06. The minimum atomic E-state index is -0.116. The lowest BCUT2D eigenvalue weighted by atomic mass is 10.2. The lowest BCUT2D eigenvalue weighted by Crippen LogP contribution is -2.26. The Kier molecular flexibility index (Phi) is 2.79. The van der Waals surface area contributed by atoms with Crippen LogP contribution in [-0.4, -0.2) is 32.2 Å². The number of aliphatic hydroxyl groups is 1. The van der Waals surface area contributed by atoms with Crippen molar-refractivity contribution in [3.05, 3.63) is 11.9 Å². The highest BCUT2D eigenvalue weighted by molar-refractivity contribution is 4.92. The zero-order valence-electron chi connectivity index (χ0n) is 8.35. The lowest BCUT2D eigenvalue weighted by Gasteiger charge is -2.09. The van der Waals surface area contributed by atoms with Gasteiger partial charge in [0, 0.05) is 19.6 Å². The number of nitrogens with zero attached hydrogens (tertiary/aromatic N) is 3. The van der Waals surface area contributed by atoms with Gasteiger partial charge in [-0.1, -0.05) is 0 Å². The molecule has 0 amide bonds. The van der Waals surface area contributed by atoms with Crippen LogP contribution < -0.4 is 5.32 Å². The summed E-state index contributed by atoms with van der Waals surface area (Å²) in [5.74, 6) is 0. The molecule has 5 heteroatoms. The number of hydrogen-bond donors (Lipinski definition) is 2. The molecular formula is C9H16N4O. The summed E-state index contributed by atoms with van der Waals surface area (Å²) in [6, 6.07) is 0.437. The first-order valence-corrected chi connectivity index (χ1v) is 5.00. The van der Waals surface area contributed by atoms with Crippen LogP contribution in [0.15, 0.2) is 6.20 Å². The number of aromatic nitrogens is 3. The predicted molar refractivity (Wildman–Crippen MR) is 51.5 cm³/mol. The number of aryl methyl sites for hydroxylation is 1. The Labute approximate surface area is 83.1 Å². The van der Waals surface area contributed by atoms with E-state index in [1.807, 2.05) is 7.05 Å². The van der Waals surface area contributed by atoms with Crippen LogP contribution in [-0.2, 0) is 13.6 Å². The van der Waals surface area contributed by atoms with Gasteiger partial charge in [0.15, 0.2) is 0 Å². The smallest absolute Gasteiger partial charge is 0.0964 e. The van der Waals surface area contributed by atoms with Crippen molar-refractivity contribution in [2.45, 2.75) is 38.0 Å². The van der Waals surface area contributed by atoms with Gasteiger partial charge < -0.3 is 10.4 Å². The molecule has 5 nitrogen and oxygen atoms in total. The normalized spacial score (nSPS) is 27.0. The molecule has 0 unspecified atom stereocenters. The molecule has 0 radical (unpaired) electrons. The largest absolute Gasteiger partial charge is 0.393 e. The van der Waals surface area contributed by atoms with Crippen LogP contribution in [0.3, 0.4) is 0 Å². The zero-order valence-corrected chi connectivity index (χ0v) is 8.35. The molecule has 0 aromatic carbocycles. The van der Waals surface area contributed by atoms with Gasteiger partial charge in [-0.05, 0) is 19.3 Å². The van der Waals surface area contributed by atoms with Gasteiger partial charge >= 0.3 is 0 Å². The van der Waals surface area contributed by atoms with Gasteiger partial charge in [0.05, 0.1) is 18.0 Å². The Balaban J connectivity index is 1.77. The summed E-state index contributed by atoms with van der Waals surface area (Å²) in [5.41, 5.74) is 0.953. The van der Waals surface area contributed by atoms with E-state index in [1.165, 1.54) is 0 Å². The predicted octanol–water partition coefficient (Wildman–Crippen LogP) is -0.182. The van der Waals surface area contributed by atoms with Crippen molar-refractivity contribution in [2.24, 2.45) is 7.05 Å². The molecule has 14 heavy (non-hydrogen) atoms. The van der Waals surface area contributed by atoms with Crippen molar-refractivity contribution >= 4 is 0 Å². The van der Waals surface area contributed by atoms with Crippen LogP contribution in [0.5, 0.6) is 0 Å². The molecule has 0 aliphatic heterocycles. The van der Waals surface area contributed by atoms with E-state index in [1.54, 1.807) is 11.0 Å². The van der Waals surface area contributed by atoms with Gasteiger partial charge in [0.2, 0.25) is 0 Å². The molecule has 1 aliphatic carbocycles. The van der Waals surface area contributed by atoms with E-state index in [9.17, 15) is 5.11 Å². The molecule has 1 aromatic rings. The van der Waals surface area contributed by atoms with Gasteiger partial charge in [0.1, 0.15) is 0 Å². The third-order valence-corrected chi connectivity index (χ3v) is 2.62. The Hall–Kier alpha value is -0.940. The first-order chi connectivity index (χ1) is 6.74. The van der Waals surface area contributed by atoms with Gasteiger partial charge in [-0.25, -0.2) is 0 Å². The highest BCUT2D eigenvalue weighted by atomic mass is 16.3. The van der Waals surface area contributed by atoms with Crippen LogP contribution >= 0.6 is 0 Å². The zero-order chi connectivity index (χ0) is 9.97. The number of rotatable bonds is 3. The Bertz CT molecular complexity index is 299. The fourth-order valence-electron chi connectivity index (χ4n) is 1.86. The molecule has 78 valence electrons. The summed E-state index contributed by atoms with van der Waals surface area (Å²) in [4.78, 5) is 1.56. The van der Waals surface area contributed by atoms with Gasteiger partial charge in [-0.3, -0.25) is 0 Å². The van der Waals surface area contributed by atoms with Crippen molar-refractivity contribution in [2.75, 3.05) is 0 Å². The second-order valence-electron chi connectivity index (χ2n) is 3.87. The van der Waals surface area contributed by atoms with Crippen LogP contribution in [0.4, 0.5) is 0 Å². The SMILES string of the molecule is Cn1ncc(CN[C@H]2CC[C@@H](O)C2)n1. The molecule has 0 bridgehead atoms. The summed E-state index contributed by atoms with van der Waals surface area (Å²) < 4.78 is 0. The first kappa shape index (κ1) is 9.61. The summed E-state index contributed by atoms with van der Waals surface area (Å²) in [6.07, 6.45) is 4.48. The van der Waals surface area contributed by atoms with E-state index in [0.717, 1.165) is 31.5 Å². The molecule has 1 heterocycles. The fourth-order valence-corrected chi connectivity index (χ4v) is 1.86. The minimum absolute atomic E-state index is 0.116. The van der Waals surface area contributed by atoms with Crippen molar-refractivity contribution in [3.8, 4) is 0 Å². The van der Waals surface area contributed by atoms with E-state index in [2.05, 4.69) is 15.5 Å². The molecule has 0 spiro atoms. The van der Waals surface area contributed by atoms with Crippen molar-refractivity contribution in [3.63, 3.8) is 0 Å². The molecule has 2 N–H and O–H groups in total. The van der Waals surface area contributed by atoms with Crippen molar-refractivity contribution in [1.29, 1.82) is 0 Å². The monoisotopic (exact) mass is 196 g/mol. The third-order valence-electron chi connectivity index (χ3n) is 2.62. The summed E-state index contributed by atoms with van der Waals surface area (Å²) in [6.45, 7) is 0.741. The summed E-state index contributed by atoms with van der Waals surface area (Å²) in [7, 11) is 1.81. The fraction of sp³-hybridized carbons (Fsp3) is 0.778.